The van der Waals surface area contributed by atoms with E-state index in [1.165, 1.54) is 56.9 Å². The van der Waals surface area contributed by atoms with E-state index in [9.17, 15) is 39.3 Å². The van der Waals surface area contributed by atoms with Gasteiger partial charge in [0.2, 0.25) is 11.8 Å². The predicted molar refractivity (Wildman–Crippen MR) is 323 cm³/mol. The maximum atomic E-state index is 15.0. The predicted octanol–water partition coefficient (Wildman–Crippen LogP) is 7.25. The number of carbonyl (C=O) groups excluding carboxylic acids is 6. The number of hydrogen-bond donors (Lipinski definition) is 8. The summed E-state index contributed by atoms with van der Waals surface area (Å²) in [5.74, 6) is -5.60. The Bertz CT molecular complexity index is 3970. The molecule has 2 aliphatic heterocycles. The molecule has 10 N–H and O–H groups in total. The fourth-order valence-electron chi connectivity index (χ4n) is 9.71. The summed E-state index contributed by atoms with van der Waals surface area (Å²) in [6.45, 7) is 5.48. The van der Waals surface area contributed by atoms with Crippen LogP contribution in [0, 0.1) is 12.8 Å². The van der Waals surface area contributed by atoms with Crippen molar-refractivity contribution in [1.29, 1.82) is 0 Å². The number of fused-ring (bicyclic) bond motifs is 14. The third-order valence-electron chi connectivity index (χ3n) is 14.5. The lowest BCUT2D eigenvalue weighted by atomic mass is 9.90. The Balaban J connectivity index is 1.02. The number of phenolic OH excluding ortho intramolecular Hbond substituents is 1. The number of pyridine rings is 1. The summed E-state index contributed by atoms with van der Waals surface area (Å²) in [5, 5.41) is 53.2. The number of rotatable bonds is 12. The molecule has 9 heterocycles. The lowest BCUT2D eigenvalue weighted by molar-refractivity contribution is -0.124. The van der Waals surface area contributed by atoms with E-state index in [2.05, 4.69) is 30.8 Å². The number of amides is 5. The molecule has 0 saturated carbocycles. The first-order valence-corrected chi connectivity index (χ1v) is 31.9. The van der Waals surface area contributed by atoms with E-state index in [1.54, 1.807) is 77.7 Å². The number of aryl methyl sites for hydroxylation is 1. The van der Waals surface area contributed by atoms with Gasteiger partial charge in [0, 0.05) is 68.6 Å². The number of aromatic hydroxyl groups is 1. The fourth-order valence-corrected chi connectivity index (χ4v) is 15.0. The van der Waals surface area contributed by atoms with Gasteiger partial charge in [0.1, 0.15) is 76.7 Å². The number of aliphatic hydroxyl groups is 2. The normalized spacial score (nSPS) is 19.0. The van der Waals surface area contributed by atoms with Crippen LogP contribution >= 0.6 is 68.0 Å². The third-order valence-corrected chi connectivity index (χ3v) is 20.1. The summed E-state index contributed by atoms with van der Waals surface area (Å²) in [6.07, 6.45) is -1.97. The summed E-state index contributed by atoms with van der Waals surface area (Å²) < 4.78 is 0. The molecule has 0 radical (unpaired) electrons. The van der Waals surface area contributed by atoms with Crippen molar-refractivity contribution in [2.24, 2.45) is 17.4 Å². The zero-order valence-electron chi connectivity index (χ0n) is 45.2. The molecule has 2 aromatic carbocycles. The largest absolute Gasteiger partial charge is 0.508 e. The van der Waals surface area contributed by atoms with Crippen LogP contribution in [-0.2, 0) is 16.0 Å². The number of aliphatic hydroxyl groups excluding tert-OH is 2. The Morgan fingerprint density at radius 1 is 0.671 bits per heavy atom. The van der Waals surface area contributed by atoms with Gasteiger partial charge in [-0.3, -0.25) is 28.8 Å². The fraction of sp³-hybridized carbons (Fsp3) is 0.281. The Labute approximate surface area is 509 Å². The molecule has 85 heavy (non-hydrogen) atoms. The molecule has 11 rings (SSSR count). The number of hydrogen-bond acceptors (Lipinski definition) is 23. The van der Waals surface area contributed by atoms with Crippen LogP contribution in [0.5, 0.6) is 5.75 Å². The summed E-state index contributed by atoms with van der Waals surface area (Å²) in [7, 11) is 0. The molecule has 22 nitrogen and oxygen atoms in total. The SMILES string of the molecule is Cc1sc2nc1C(=O)C[C@@H]([C@H](O)c1ccccc1)c1nc(cs1)C(=O)N[C@@H](Cc1ccc(O)cc1)C(=O)N[C@@H]([C@@H](C)[C@@H](O)CN1CCC1)c1nc(cs1)-c1nc(cs1)-c1nc(-c3nc(C(N)=O)cs3)ccc1-c1nc(cs1)C(=O)N[C@H]2CC(N)=O. The van der Waals surface area contributed by atoms with Gasteiger partial charge < -0.3 is 47.6 Å². The van der Waals surface area contributed by atoms with Crippen molar-refractivity contribution in [2.75, 3.05) is 19.6 Å². The minimum absolute atomic E-state index is 0.00136. The smallest absolute Gasteiger partial charge is 0.271 e. The quantitative estimate of drug-likeness (QED) is 0.0597. The second kappa shape index (κ2) is 25.3. The maximum Gasteiger partial charge on any atom is 0.271 e. The van der Waals surface area contributed by atoms with E-state index in [4.69, 9.17) is 36.4 Å². The molecule has 5 amide bonds. The van der Waals surface area contributed by atoms with Crippen molar-refractivity contribution in [3.05, 3.63) is 147 Å². The highest BCUT2D eigenvalue weighted by molar-refractivity contribution is 7.15. The van der Waals surface area contributed by atoms with Gasteiger partial charge in [-0.05, 0) is 61.8 Å². The van der Waals surface area contributed by atoms with Gasteiger partial charge >= 0.3 is 0 Å². The topological polar surface area (TPSA) is 345 Å². The number of aromatic nitrogens is 7. The average molecular weight is 1260 g/mol. The van der Waals surface area contributed by atoms with Crippen molar-refractivity contribution in [2.45, 2.75) is 75.8 Å². The van der Waals surface area contributed by atoms with E-state index in [0.717, 1.165) is 53.5 Å². The van der Waals surface area contributed by atoms with Gasteiger partial charge in [0.15, 0.2) is 5.78 Å². The number of nitrogens with two attached hydrogens (primary N) is 2. The number of carbonyl (C=O) groups is 6. The summed E-state index contributed by atoms with van der Waals surface area (Å²) in [6, 6.07) is 15.1. The standard InChI is InChI=1S/C57H53N13O9S6/c1-26(42(73)20-70-15-6-16-70)44-57-67-40(25-84-57)55-63-36(21-82-55)46-31(13-14-33(60-46)54-64-37(22-83-54)48(59)76)52-65-39(23-80-52)51(79)62-35(19-43(58)74)56-69-45(27(2)85-56)41(72)18-32(47(75)29-7-4-3-5-8-29)53-66-38(24-81-53)50(78)61-34(49(77)68-44)17-28-9-11-30(71)12-10-28/h3-5,7-14,21-26,32,34-35,42,44,47,71,73,75H,6,15-20H2,1-2H3,(H2,58,74)(H2,59,76)(H,61,78)(H,62,79)(H,68,77)/t26-,32-,34-,35-,42-,44-,47+/m0/s1. The summed E-state index contributed by atoms with van der Waals surface area (Å²) >= 11 is 6.98. The molecule has 10 bridgehead atoms. The second-order valence-electron chi connectivity index (χ2n) is 20.4. The molecule has 9 aromatic rings. The number of likely N-dealkylation sites (tertiary alicyclic amines) is 1. The average Bonchev–Trinajstić information content (AvgIpc) is 3.90. The van der Waals surface area contributed by atoms with Gasteiger partial charge in [-0.2, -0.15) is 0 Å². The Hall–Kier alpha value is -7.93. The van der Waals surface area contributed by atoms with E-state index < -0.39 is 77.5 Å². The number of thiazole rings is 6. The molecule has 436 valence electrons. The van der Waals surface area contributed by atoms with Gasteiger partial charge in [0.05, 0.1) is 41.4 Å². The van der Waals surface area contributed by atoms with Crippen molar-refractivity contribution in [3.63, 3.8) is 0 Å². The van der Waals surface area contributed by atoms with Crippen molar-refractivity contribution < 1.29 is 44.1 Å². The van der Waals surface area contributed by atoms with Crippen LogP contribution in [0.25, 0.3) is 43.4 Å². The molecule has 28 heteroatoms. The summed E-state index contributed by atoms with van der Waals surface area (Å²) in [4.78, 5) is 119. The molecule has 2 aliphatic rings. The van der Waals surface area contributed by atoms with E-state index in [-0.39, 0.29) is 57.8 Å². The van der Waals surface area contributed by atoms with Crippen LogP contribution < -0.4 is 27.4 Å². The van der Waals surface area contributed by atoms with Crippen LogP contribution in [0.1, 0.15) is 123 Å². The first-order chi connectivity index (χ1) is 40.9. The number of phenols is 1. The summed E-state index contributed by atoms with van der Waals surface area (Å²) in [5.41, 5.74) is 14.5. The molecular formula is C57H53N13O9S6. The maximum absolute atomic E-state index is 15.0. The number of Topliss-reactive ketones (excluding diaryl/α,β-unsaturated/α-hetero) is 1. The number of ketones is 1. The Kier molecular flexibility index (Phi) is 17.5. The minimum Gasteiger partial charge on any atom is -0.508 e. The molecule has 1 saturated heterocycles. The van der Waals surface area contributed by atoms with E-state index in [1.807, 2.05) is 6.92 Å². The van der Waals surface area contributed by atoms with Crippen LogP contribution in [-0.4, -0.2) is 122 Å². The Morgan fingerprint density at radius 2 is 1.32 bits per heavy atom. The number of primary amides is 2. The van der Waals surface area contributed by atoms with Crippen LogP contribution in [0.2, 0.25) is 0 Å². The minimum atomic E-state index is -1.30. The highest BCUT2D eigenvalue weighted by atomic mass is 32.1. The first-order valence-electron chi connectivity index (χ1n) is 26.6. The molecule has 0 aliphatic carbocycles. The molecular weight excluding hydrogens is 1200 g/mol. The lowest BCUT2D eigenvalue weighted by Gasteiger charge is -2.36. The van der Waals surface area contributed by atoms with Gasteiger partial charge in [-0.15, -0.1) is 68.0 Å². The van der Waals surface area contributed by atoms with Gasteiger partial charge in [-0.1, -0.05) is 49.4 Å². The Morgan fingerprint density at radius 3 is 2.04 bits per heavy atom. The number of benzene rings is 2. The second-order valence-corrected chi connectivity index (χ2v) is 26.0. The molecule has 1 fully saturated rings. The molecule has 7 atom stereocenters. The van der Waals surface area contributed by atoms with E-state index in [0.29, 0.717) is 70.9 Å². The number of β-amino-alcohol motifs (C(OH)–C–C–N with tert-alkyl or cyclic N) is 1. The van der Waals surface area contributed by atoms with Crippen LogP contribution in [0.4, 0.5) is 0 Å². The lowest BCUT2D eigenvalue weighted by Crippen LogP contribution is -2.51. The van der Waals surface area contributed by atoms with Gasteiger partial charge in [-0.25, -0.2) is 34.9 Å². The zero-order chi connectivity index (χ0) is 59.6. The monoisotopic (exact) mass is 1260 g/mol. The molecule has 0 spiro atoms. The molecule has 7 aromatic heterocycles. The van der Waals surface area contributed by atoms with Crippen molar-refractivity contribution in [1.82, 2.24) is 55.7 Å². The van der Waals surface area contributed by atoms with Crippen molar-refractivity contribution in [3.8, 4) is 49.1 Å². The van der Waals surface area contributed by atoms with Crippen LogP contribution in [0.15, 0.2) is 93.6 Å². The first kappa shape index (κ1) is 58.8. The zero-order valence-corrected chi connectivity index (χ0v) is 50.1. The van der Waals surface area contributed by atoms with Crippen molar-refractivity contribution >= 4 is 103 Å². The highest BCUT2D eigenvalue weighted by Crippen LogP contribution is 2.41. The third kappa shape index (κ3) is 13.2. The number of nitrogens with one attached hydrogen (secondary N) is 3. The van der Waals surface area contributed by atoms with Crippen LogP contribution in [0.3, 0.4) is 0 Å². The molecule has 0 unspecified atom stereocenters. The van der Waals surface area contributed by atoms with Gasteiger partial charge in [0.25, 0.3) is 17.7 Å². The van der Waals surface area contributed by atoms with E-state index >= 15 is 4.79 Å². The number of nitrogens with zero attached hydrogens (tertiary/aromatic N) is 8. The highest BCUT2D eigenvalue weighted by Gasteiger charge is 2.37.